The van der Waals surface area contributed by atoms with Crippen molar-refractivity contribution in [2.24, 2.45) is 5.92 Å². The van der Waals surface area contributed by atoms with E-state index in [9.17, 15) is 0 Å². The lowest BCUT2D eigenvalue weighted by Gasteiger charge is -2.19. The van der Waals surface area contributed by atoms with Gasteiger partial charge in [-0.05, 0) is 48.6 Å². The fraction of sp³-hybridized carbons (Fsp3) is 0.435. The van der Waals surface area contributed by atoms with Gasteiger partial charge in [0.15, 0.2) is 0 Å². The second kappa shape index (κ2) is 10.6. The third-order valence-electron chi connectivity index (χ3n) is 5.07. The second-order valence-electron chi connectivity index (χ2n) is 7.19. The van der Waals surface area contributed by atoms with Crippen molar-refractivity contribution in [2.45, 2.75) is 25.8 Å². The molecular formula is C23H29N3O2. The number of ether oxygens (including phenoxy) is 2. The van der Waals surface area contributed by atoms with E-state index in [2.05, 4.69) is 46.6 Å². The number of nitrogens with zero attached hydrogens (tertiary/aromatic N) is 2. The van der Waals surface area contributed by atoms with Crippen LogP contribution in [0.1, 0.15) is 24.8 Å². The van der Waals surface area contributed by atoms with Crippen LogP contribution in [-0.2, 0) is 6.54 Å². The minimum atomic E-state index is 0.537. The van der Waals surface area contributed by atoms with Crippen molar-refractivity contribution in [3.63, 3.8) is 0 Å². The zero-order valence-electron chi connectivity index (χ0n) is 16.6. The van der Waals surface area contributed by atoms with E-state index < -0.39 is 0 Å². The molecule has 0 aromatic heterocycles. The SMILES string of the molecule is COc1cccc(N2CCC(CNCc3cccc(OCCCC#N)c3)C2)c1. The number of hydrogen-bond acceptors (Lipinski definition) is 5. The monoisotopic (exact) mass is 379 g/mol. The number of methoxy groups -OCH3 is 1. The predicted octanol–water partition coefficient (Wildman–Crippen LogP) is 3.99. The van der Waals surface area contributed by atoms with Crippen LogP contribution in [0.5, 0.6) is 11.5 Å². The number of anilines is 1. The summed E-state index contributed by atoms with van der Waals surface area (Å²) in [6.07, 6.45) is 2.51. The summed E-state index contributed by atoms with van der Waals surface area (Å²) in [6.45, 7) is 4.60. The molecule has 1 unspecified atom stereocenters. The lowest BCUT2D eigenvalue weighted by molar-refractivity contribution is 0.312. The maximum Gasteiger partial charge on any atom is 0.120 e. The lowest BCUT2D eigenvalue weighted by atomic mass is 10.1. The Hall–Kier alpha value is -2.71. The topological polar surface area (TPSA) is 57.5 Å². The summed E-state index contributed by atoms with van der Waals surface area (Å²) in [6, 6.07) is 18.6. The van der Waals surface area contributed by atoms with Crippen molar-refractivity contribution in [1.29, 1.82) is 5.26 Å². The Labute approximate surface area is 167 Å². The highest BCUT2D eigenvalue weighted by atomic mass is 16.5. The fourth-order valence-electron chi connectivity index (χ4n) is 3.55. The molecule has 1 saturated heterocycles. The molecule has 0 spiro atoms. The Bertz CT molecular complexity index is 787. The van der Waals surface area contributed by atoms with E-state index in [1.54, 1.807) is 7.11 Å². The van der Waals surface area contributed by atoms with Crippen molar-refractivity contribution in [2.75, 3.05) is 38.3 Å². The van der Waals surface area contributed by atoms with Crippen LogP contribution >= 0.6 is 0 Å². The molecule has 2 aromatic rings. The molecule has 1 aliphatic rings. The molecule has 0 aliphatic carbocycles. The molecule has 148 valence electrons. The molecule has 0 saturated carbocycles. The molecule has 1 heterocycles. The zero-order chi connectivity index (χ0) is 19.6. The highest BCUT2D eigenvalue weighted by molar-refractivity contribution is 5.51. The van der Waals surface area contributed by atoms with E-state index in [-0.39, 0.29) is 0 Å². The van der Waals surface area contributed by atoms with E-state index in [1.807, 2.05) is 18.2 Å². The van der Waals surface area contributed by atoms with Gasteiger partial charge in [-0.3, -0.25) is 0 Å². The van der Waals surface area contributed by atoms with Crippen LogP contribution in [0.4, 0.5) is 5.69 Å². The third-order valence-corrected chi connectivity index (χ3v) is 5.07. The van der Waals surface area contributed by atoms with Crippen LogP contribution in [0.3, 0.4) is 0 Å². The third kappa shape index (κ3) is 5.90. The van der Waals surface area contributed by atoms with E-state index >= 15 is 0 Å². The average Bonchev–Trinajstić information content (AvgIpc) is 3.21. The fourth-order valence-corrected chi connectivity index (χ4v) is 3.55. The highest BCUT2D eigenvalue weighted by Gasteiger charge is 2.22. The molecule has 1 aliphatic heterocycles. The van der Waals surface area contributed by atoms with Gasteiger partial charge in [0.05, 0.1) is 19.8 Å². The van der Waals surface area contributed by atoms with E-state index in [1.165, 1.54) is 17.7 Å². The summed E-state index contributed by atoms with van der Waals surface area (Å²) in [7, 11) is 1.71. The molecule has 0 bridgehead atoms. The van der Waals surface area contributed by atoms with Crippen LogP contribution in [0.15, 0.2) is 48.5 Å². The van der Waals surface area contributed by atoms with Gasteiger partial charge in [-0.15, -0.1) is 0 Å². The Kier molecular flexibility index (Phi) is 7.57. The second-order valence-corrected chi connectivity index (χ2v) is 7.19. The molecule has 3 rings (SSSR count). The average molecular weight is 380 g/mol. The number of nitriles is 1. The Morgan fingerprint density at radius 2 is 2.04 bits per heavy atom. The van der Waals surface area contributed by atoms with Gasteiger partial charge in [0.1, 0.15) is 11.5 Å². The molecule has 1 fully saturated rings. The van der Waals surface area contributed by atoms with E-state index in [4.69, 9.17) is 14.7 Å². The first-order chi connectivity index (χ1) is 13.8. The molecule has 28 heavy (non-hydrogen) atoms. The van der Waals surface area contributed by atoms with Crippen molar-refractivity contribution in [3.8, 4) is 17.6 Å². The standard InChI is InChI=1S/C23H29N3O2/c1-27-22-8-5-7-21(15-22)26-12-10-20(18-26)17-25-16-19-6-4-9-23(14-19)28-13-3-2-11-24/h4-9,14-15,20,25H,2-3,10,12-13,16-18H2,1H3. The first kappa shape index (κ1) is 20.0. The van der Waals surface area contributed by atoms with Crippen molar-refractivity contribution in [3.05, 3.63) is 54.1 Å². The zero-order valence-corrected chi connectivity index (χ0v) is 16.6. The minimum absolute atomic E-state index is 0.537. The van der Waals surface area contributed by atoms with Crippen LogP contribution in [0.25, 0.3) is 0 Å². The predicted molar refractivity (Wildman–Crippen MR) is 112 cm³/mol. The molecule has 2 aromatic carbocycles. The van der Waals surface area contributed by atoms with Crippen LogP contribution in [0, 0.1) is 17.2 Å². The van der Waals surface area contributed by atoms with Gasteiger partial charge >= 0.3 is 0 Å². The maximum atomic E-state index is 8.58. The van der Waals surface area contributed by atoms with Gasteiger partial charge in [0.2, 0.25) is 0 Å². The highest BCUT2D eigenvalue weighted by Crippen LogP contribution is 2.26. The number of unbranched alkanes of at least 4 members (excludes halogenated alkanes) is 1. The number of rotatable bonds is 10. The number of hydrogen-bond donors (Lipinski definition) is 1. The van der Waals surface area contributed by atoms with Gasteiger partial charge < -0.3 is 19.7 Å². The summed E-state index contributed by atoms with van der Waals surface area (Å²) in [5.74, 6) is 2.44. The normalized spacial score (nSPS) is 16.0. The van der Waals surface area contributed by atoms with Crippen molar-refractivity contribution >= 4 is 5.69 Å². The Morgan fingerprint density at radius 3 is 2.89 bits per heavy atom. The van der Waals surface area contributed by atoms with Crippen molar-refractivity contribution in [1.82, 2.24) is 5.32 Å². The van der Waals surface area contributed by atoms with Crippen LogP contribution in [0.2, 0.25) is 0 Å². The molecule has 1 atom stereocenters. The maximum absolute atomic E-state index is 8.58. The van der Waals surface area contributed by atoms with Gasteiger partial charge in [0.25, 0.3) is 0 Å². The van der Waals surface area contributed by atoms with E-state index in [0.717, 1.165) is 44.1 Å². The summed E-state index contributed by atoms with van der Waals surface area (Å²) in [5, 5.41) is 12.2. The first-order valence-corrected chi connectivity index (χ1v) is 9.97. The smallest absolute Gasteiger partial charge is 0.120 e. The van der Waals surface area contributed by atoms with Crippen LogP contribution < -0.4 is 19.7 Å². The summed E-state index contributed by atoms with van der Waals surface area (Å²) in [5.41, 5.74) is 2.46. The molecule has 0 amide bonds. The minimum Gasteiger partial charge on any atom is -0.497 e. The number of nitrogens with one attached hydrogen (secondary N) is 1. The number of benzene rings is 2. The largest absolute Gasteiger partial charge is 0.497 e. The van der Waals surface area contributed by atoms with Gasteiger partial charge in [-0.1, -0.05) is 18.2 Å². The van der Waals surface area contributed by atoms with Gasteiger partial charge in [-0.2, -0.15) is 5.26 Å². The molecule has 5 nitrogen and oxygen atoms in total. The van der Waals surface area contributed by atoms with E-state index in [0.29, 0.717) is 18.9 Å². The van der Waals surface area contributed by atoms with Gasteiger partial charge in [0, 0.05) is 44.4 Å². The molecule has 5 heteroatoms. The molecule has 0 radical (unpaired) electrons. The van der Waals surface area contributed by atoms with Crippen molar-refractivity contribution < 1.29 is 9.47 Å². The molecular weight excluding hydrogens is 350 g/mol. The lowest BCUT2D eigenvalue weighted by Crippen LogP contribution is -2.26. The Morgan fingerprint density at radius 1 is 1.18 bits per heavy atom. The van der Waals surface area contributed by atoms with Crippen LogP contribution in [-0.4, -0.2) is 33.4 Å². The Balaban J connectivity index is 1.41. The first-order valence-electron chi connectivity index (χ1n) is 9.97. The van der Waals surface area contributed by atoms with Gasteiger partial charge in [-0.25, -0.2) is 0 Å². The summed E-state index contributed by atoms with van der Waals surface area (Å²) in [4.78, 5) is 2.44. The summed E-state index contributed by atoms with van der Waals surface area (Å²) < 4.78 is 11.1. The summed E-state index contributed by atoms with van der Waals surface area (Å²) >= 11 is 0. The quantitative estimate of drug-likeness (QED) is 0.633. The molecule has 1 N–H and O–H groups in total.